The van der Waals surface area contributed by atoms with Gasteiger partial charge in [0.1, 0.15) is 36.6 Å². The highest BCUT2D eigenvalue weighted by molar-refractivity contribution is 7.46. The Kier molecular flexibility index (Phi) is 8.51. The Morgan fingerprint density at radius 3 is 0.800 bits per heavy atom. The highest BCUT2D eigenvalue weighted by atomic mass is 31.2. The second kappa shape index (κ2) is 8.46. The monoisotopic (exact) mass is 437 g/mol. The van der Waals surface area contributed by atoms with Crippen LogP contribution in [0.15, 0.2) is 0 Å². The first-order valence-electron chi connectivity index (χ1n) is 5.78. The van der Waals surface area contributed by atoms with Gasteiger partial charge in [-0.25, -0.2) is 13.7 Å². The Hall–Kier alpha value is 0.170. The molecular weight excluding hydrogens is 419 g/mol. The summed E-state index contributed by atoms with van der Waals surface area (Å²) >= 11 is 0. The lowest BCUT2D eigenvalue weighted by Crippen LogP contribution is -2.65. The van der Waals surface area contributed by atoms with Crippen LogP contribution in [0.4, 0.5) is 0 Å². The molecule has 0 amide bonds. The number of aliphatic hydroxyl groups excluding tert-OH is 3. The Bertz CT molecular complexity index is 487. The molecule has 0 bridgehead atoms. The Labute approximate surface area is 139 Å². The molecule has 1 aliphatic rings. The fourth-order valence-electron chi connectivity index (χ4n) is 2.02. The quantitative estimate of drug-likeness (QED) is 0.182. The van der Waals surface area contributed by atoms with Crippen molar-refractivity contribution in [2.24, 2.45) is 0 Å². The van der Waals surface area contributed by atoms with Crippen molar-refractivity contribution < 1.29 is 71.9 Å². The molecule has 1 saturated carbocycles. The van der Waals surface area contributed by atoms with Gasteiger partial charge in [-0.3, -0.25) is 13.6 Å². The summed E-state index contributed by atoms with van der Waals surface area (Å²) in [5, 5.41) is 29.4. The van der Waals surface area contributed by atoms with Gasteiger partial charge >= 0.3 is 23.5 Å². The molecule has 0 aromatic rings. The predicted molar refractivity (Wildman–Crippen MR) is 73.8 cm³/mol. The minimum absolute atomic E-state index is 0. The fourth-order valence-corrected chi connectivity index (χ4v) is 3.72. The van der Waals surface area contributed by atoms with Crippen LogP contribution >= 0.6 is 23.5 Å². The molecule has 152 valence electrons. The Morgan fingerprint density at radius 2 is 0.680 bits per heavy atom. The lowest BCUT2D eigenvalue weighted by Gasteiger charge is -2.44. The molecule has 0 radical (unpaired) electrons. The Morgan fingerprint density at radius 1 is 0.520 bits per heavy atom. The first-order chi connectivity index (χ1) is 10.5. The average Bonchev–Trinajstić information content (AvgIpc) is 2.32. The number of phosphoric ester groups is 3. The molecule has 0 spiro atoms. The van der Waals surface area contributed by atoms with Crippen LogP contribution in [0.25, 0.3) is 0 Å². The first kappa shape index (κ1) is 25.2. The molecule has 0 saturated heterocycles. The summed E-state index contributed by atoms with van der Waals surface area (Å²) in [6.45, 7) is 0. The maximum atomic E-state index is 10.9. The largest absolute Gasteiger partial charge is 0.470 e. The minimum atomic E-state index is -5.38. The maximum absolute atomic E-state index is 10.9. The molecule has 1 aliphatic carbocycles. The smallest absolute Gasteiger partial charge is 0.387 e. The van der Waals surface area contributed by atoms with Gasteiger partial charge in [-0.1, -0.05) is 0 Å². The summed E-state index contributed by atoms with van der Waals surface area (Å²) in [6, 6.07) is 0. The van der Waals surface area contributed by atoms with E-state index in [1.54, 1.807) is 0 Å². The summed E-state index contributed by atoms with van der Waals surface area (Å²) in [5.41, 5.74) is 0. The van der Waals surface area contributed by atoms with Crippen molar-refractivity contribution in [1.29, 1.82) is 0 Å². The van der Waals surface area contributed by atoms with Gasteiger partial charge in [-0.15, -0.1) is 0 Å². The lowest BCUT2D eigenvalue weighted by atomic mass is 9.85. The van der Waals surface area contributed by atoms with E-state index in [0.29, 0.717) is 0 Å². The average molecular weight is 437 g/mol. The number of phosphoric acid groups is 3. The standard InChI is InChI=1S/C6H15O15P3.H3N/c7-1-4(19-22(10,11)12)2(8)6(21-24(16,17)18)3(9)5(1)20-23(13,14)15;/h1-9H,(H2,10,11,12)(H2,13,14,15)(H2,16,17,18);1H3. The minimum Gasteiger partial charge on any atom is -0.387 e. The van der Waals surface area contributed by atoms with E-state index in [9.17, 15) is 29.0 Å². The number of hydrogen-bond acceptors (Lipinski definition) is 10. The van der Waals surface area contributed by atoms with E-state index < -0.39 is 60.1 Å². The van der Waals surface area contributed by atoms with Crippen molar-refractivity contribution in [3.8, 4) is 0 Å². The number of hydrogen-bond donors (Lipinski definition) is 10. The third kappa shape index (κ3) is 7.74. The topological polar surface area (TPSA) is 296 Å². The van der Waals surface area contributed by atoms with Gasteiger partial charge in [0.15, 0.2) is 0 Å². The third-order valence-corrected chi connectivity index (χ3v) is 4.35. The Balaban J connectivity index is 0.00000576. The number of rotatable bonds is 6. The SMILES string of the molecule is N.O=P(O)(O)OC1C(O)C(OP(=O)(O)O)C(O)C(OP(=O)(O)O)C1O. The van der Waals surface area contributed by atoms with Gasteiger partial charge in [0.25, 0.3) is 0 Å². The second-order valence-electron chi connectivity index (χ2n) is 4.65. The molecule has 19 heteroatoms. The van der Waals surface area contributed by atoms with E-state index in [4.69, 9.17) is 29.4 Å². The van der Waals surface area contributed by atoms with E-state index >= 15 is 0 Å². The molecule has 0 aromatic carbocycles. The van der Waals surface area contributed by atoms with Crippen molar-refractivity contribution in [2.45, 2.75) is 36.6 Å². The molecule has 0 aliphatic heterocycles. The fraction of sp³-hybridized carbons (Fsp3) is 1.00. The van der Waals surface area contributed by atoms with Crippen LogP contribution in [0.1, 0.15) is 0 Å². The van der Waals surface area contributed by atoms with E-state index in [2.05, 4.69) is 13.6 Å². The normalized spacial score (nSPS) is 34.4. The maximum Gasteiger partial charge on any atom is 0.470 e. The first-order valence-corrected chi connectivity index (χ1v) is 10.4. The molecular formula is C6H18NO15P3. The molecule has 12 N–H and O–H groups in total. The van der Waals surface area contributed by atoms with Crippen LogP contribution in [-0.4, -0.2) is 81.3 Å². The van der Waals surface area contributed by atoms with E-state index in [1.807, 2.05) is 0 Å². The van der Waals surface area contributed by atoms with Gasteiger partial charge in [-0.05, 0) is 0 Å². The molecule has 25 heavy (non-hydrogen) atoms. The molecule has 0 unspecified atom stereocenters. The molecule has 1 rings (SSSR count). The van der Waals surface area contributed by atoms with Crippen LogP contribution in [-0.2, 0) is 27.3 Å². The third-order valence-electron chi connectivity index (χ3n) is 2.80. The molecule has 16 nitrogen and oxygen atoms in total. The summed E-state index contributed by atoms with van der Waals surface area (Å²) in [4.78, 5) is 52.3. The van der Waals surface area contributed by atoms with Crippen LogP contribution in [0.2, 0.25) is 0 Å². The van der Waals surface area contributed by atoms with Gasteiger partial charge in [-0.2, -0.15) is 0 Å². The van der Waals surface area contributed by atoms with Crippen molar-refractivity contribution in [3.05, 3.63) is 0 Å². The van der Waals surface area contributed by atoms with Gasteiger partial charge in [0, 0.05) is 0 Å². The van der Waals surface area contributed by atoms with E-state index in [0.717, 1.165) is 0 Å². The van der Waals surface area contributed by atoms with Gasteiger partial charge in [0.05, 0.1) is 0 Å². The highest BCUT2D eigenvalue weighted by Crippen LogP contribution is 2.48. The summed E-state index contributed by atoms with van der Waals surface area (Å²) in [6.07, 6.45) is -14.3. The molecule has 0 heterocycles. The zero-order valence-corrected chi connectivity index (χ0v) is 14.7. The number of aliphatic hydroxyl groups is 3. The van der Waals surface area contributed by atoms with Crippen molar-refractivity contribution in [1.82, 2.24) is 6.15 Å². The van der Waals surface area contributed by atoms with Crippen LogP contribution in [0.3, 0.4) is 0 Å². The highest BCUT2D eigenvalue weighted by Gasteiger charge is 2.56. The molecule has 0 atom stereocenters. The molecule has 1 fully saturated rings. The van der Waals surface area contributed by atoms with Crippen LogP contribution in [0, 0.1) is 0 Å². The van der Waals surface area contributed by atoms with Crippen LogP contribution in [0.5, 0.6) is 0 Å². The molecule has 0 aromatic heterocycles. The van der Waals surface area contributed by atoms with Gasteiger partial charge < -0.3 is 50.8 Å². The van der Waals surface area contributed by atoms with Gasteiger partial charge in [0.2, 0.25) is 0 Å². The summed E-state index contributed by atoms with van der Waals surface area (Å²) in [7, 11) is -16.2. The van der Waals surface area contributed by atoms with Crippen molar-refractivity contribution in [2.75, 3.05) is 0 Å². The summed E-state index contributed by atoms with van der Waals surface area (Å²) < 4.78 is 44.7. The predicted octanol–water partition coefficient (Wildman–Crippen LogP) is -3.32. The van der Waals surface area contributed by atoms with Crippen molar-refractivity contribution in [3.63, 3.8) is 0 Å². The lowest BCUT2D eigenvalue weighted by molar-refractivity contribution is -0.212. The second-order valence-corrected chi connectivity index (χ2v) is 8.23. The zero-order chi connectivity index (χ0) is 19.1. The summed E-state index contributed by atoms with van der Waals surface area (Å²) in [5.74, 6) is 0. The van der Waals surface area contributed by atoms with Crippen LogP contribution < -0.4 is 6.15 Å². The van der Waals surface area contributed by atoms with Crippen molar-refractivity contribution >= 4 is 23.5 Å². The van der Waals surface area contributed by atoms with E-state index in [-0.39, 0.29) is 6.15 Å². The zero-order valence-electron chi connectivity index (χ0n) is 12.0. The van der Waals surface area contributed by atoms with E-state index in [1.165, 1.54) is 0 Å².